The topological polar surface area (TPSA) is 66.6 Å². The summed E-state index contributed by atoms with van der Waals surface area (Å²) in [6.45, 7) is 5.49. The predicted molar refractivity (Wildman–Crippen MR) is 61.5 cm³/mol. The van der Waals surface area contributed by atoms with Crippen LogP contribution < -0.4 is 0 Å². The summed E-state index contributed by atoms with van der Waals surface area (Å²) in [5.74, 6) is -0.0536. The number of carboxylic acids is 1. The zero-order valence-corrected chi connectivity index (χ0v) is 10.2. The van der Waals surface area contributed by atoms with Gasteiger partial charge in [0, 0.05) is 18.7 Å². The van der Waals surface area contributed by atoms with Crippen molar-refractivity contribution in [2.24, 2.45) is 5.92 Å². The number of carboxylic acid groups (broad SMARTS) is 1. The summed E-state index contributed by atoms with van der Waals surface area (Å²) < 4.78 is 5.03. The molecule has 5 heteroatoms. The lowest BCUT2D eigenvalue weighted by Gasteiger charge is -2.35. The molecule has 1 fully saturated rings. The minimum absolute atomic E-state index is 0.194. The van der Waals surface area contributed by atoms with E-state index in [0.717, 1.165) is 31.0 Å². The standard InChI is InChI=1S/C12H18N2O3/c1-8-5-10(12(15)16)3-4-14(8)7-11-6-9(2)17-13-11/h6,8,10H,3-5,7H2,1-2H3,(H,15,16). The summed E-state index contributed by atoms with van der Waals surface area (Å²) >= 11 is 0. The molecule has 0 aliphatic carbocycles. The lowest BCUT2D eigenvalue weighted by Crippen LogP contribution is -2.42. The van der Waals surface area contributed by atoms with Gasteiger partial charge in [-0.15, -0.1) is 0 Å². The van der Waals surface area contributed by atoms with Gasteiger partial charge in [0.15, 0.2) is 0 Å². The second-order valence-corrected chi connectivity index (χ2v) is 4.81. The summed E-state index contributed by atoms with van der Waals surface area (Å²) in [5.41, 5.74) is 0.920. The van der Waals surface area contributed by atoms with Crippen LogP contribution in [0.1, 0.15) is 31.2 Å². The summed E-state index contributed by atoms with van der Waals surface area (Å²) in [4.78, 5) is 13.2. The molecule has 2 heterocycles. The molecule has 17 heavy (non-hydrogen) atoms. The maximum atomic E-state index is 10.9. The molecule has 1 aromatic heterocycles. The quantitative estimate of drug-likeness (QED) is 0.867. The largest absolute Gasteiger partial charge is 0.481 e. The molecular formula is C12H18N2O3. The van der Waals surface area contributed by atoms with E-state index in [1.807, 2.05) is 13.0 Å². The second-order valence-electron chi connectivity index (χ2n) is 4.81. The van der Waals surface area contributed by atoms with E-state index in [4.69, 9.17) is 9.63 Å². The number of rotatable bonds is 3. The van der Waals surface area contributed by atoms with Gasteiger partial charge in [-0.25, -0.2) is 0 Å². The zero-order chi connectivity index (χ0) is 12.4. The van der Waals surface area contributed by atoms with E-state index in [9.17, 15) is 4.79 Å². The molecule has 1 aliphatic heterocycles. The Hall–Kier alpha value is -1.36. The summed E-state index contributed by atoms with van der Waals surface area (Å²) in [7, 11) is 0. The highest BCUT2D eigenvalue weighted by Gasteiger charge is 2.29. The van der Waals surface area contributed by atoms with Crippen molar-refractivity contribution in [1.82, 2.24) is 10.1 Å². The first-order chi connectivity index (χ1) is 8.06. The molecule has 2 atom stereocenters. The molecule has 5 nitrogen and oxygen atoms in total. The van der Waals surface area contributed by atoms with Gasteiger partial charge in [-0.2, -0.15) is 0 Å². The molecule has 1 N–H and O–H groups in total. The molecule has 2 rings (SSSR count). The van der Waals surface area contributed by atoms with Crippen molar-refractivity contribution in [1.29, 1.82) is 0 Å². The van der Waals surface area contributed by atoms with Gasteiger partial charge >= 0.3 is 5.97 Å². The second kappa shape index (κ2) is 4.87. The fourth-order valence-corrected chi connectivity index (χ4v) is 2.38. The molecule has 0 spiro atoms. The van der Waals surface area contributed by atoms with Crippen LogP contribution in [0.25, 0.3) is 0 Å². The average molecular weight is 238 g/mol. The summed E-state index contributed by atoms with van der Waals surface area (Å²) in [5, 5.41) is 13.0. The number of nitrogens with zero attached hydrogens (tertiary/aromatic N) is 2. The smallest absolute Gasteiger partial charge is 0.306 e. The van der Waals surface area contributed by atoms with Crippen LogP contribution in [-0.2, 0) is 11.3 Å². The van der Waals surface area contributed by atoms with Gasteiger partial charge in [-0.3, -0.25) is 9.69 Å². The fourth-order valence-electron chi connectivity index (χ4n) is 2.38. The van der Waals surface area contributed by atoms with Crippen molar-refractivity contribution >= 4 is 5.97 Å². The van der Waals surface area contributed by atoms with Crippen molar-refractivity contribution in [3.63, 3.8) is 0 Å². The number of aliphatic carboxylic acids is 1. The Morgan fingerprint density at radius 3 is 3.00 bits per heavy atom. The molecule has 1 saturated heterocycles. The van der Waals surface area contributed by atoms with Gasteiger partial charge in [0.25, 0.3) is 0 Å². The SMILES string of the molecule is Cc1cc(CN2CCC(C(=O)O)CC2C)no1. The van der Waals surface area contributed by atoms with Crippen LogP contribution in [0.15, 0.2) is 10.6 Å². The average Bonchev–Trinajstić information content (AvgIpc) is 2.67. The Morgan fingerprint density at radius 1 is 1.71 bits per heavy atom. The minimum Gasteiger partial charge on any atom is -0.481 e. The molecule has 94 valence electrons. The van der Waals surface area contributed by atoms with E-state index in [1.165, 1.54) is 0 Å². The van der Waals surface area contributed by atoms with Crippen LogP contribution in [-0.4, -0.2) is 33.7 Å². The number of carbonyl (C=O) groups is 1. The number of piperidine rings is 1. The highest BCUT2D eigenvalue weighted by Crippen LogP contribution is 2.24. The van der Waals surface area contributed by atoms with E-state index in [1.54, 1.807) is 0 Å². The molecule has 2 unspecified atom stereocenters. The number of hydrogen-bond donors (Lipinski definition) is 1. The molecule has 1 aliphatic rings. The third-order valence-corrected chi connectivity index (χ3v) is 3.40. The molecule has 0 saturated carbocycles. The first-order valence-electron chi connectivity index (χ1n) is 5.95. The zero-order valence-electron chi connectivity index (χ0n) is 10.2. The van der Waals surface area contributed by atoms with Gasteiger partial charge in [-0.1, -0.05) is 5.16 Å². The van der Waals surface area contributed by atoms with Crippen LogP contribution in [0.3, 0.4) is 0 Å². The molecule has 0 radical (unpaired) electrons. The van der Waals surface area contributed by atoms with Crippen molar-refractivity contribution in [2.75, 3.05) is 6.54 Å². The number of likely N-dealkylation sites (tertiary alicyclic amines) is 1. The van der Waals surface area contributed by atoms with Crippen LogP contribution in [0.4, 0.5) is 0 Å². The normalized spacial score (nSPS) is 26.0. The van der Waals surface area contributed by atoms with Crippen LogP contribution >= 0.6 is 0 Å². The summed E-state index contributed by atoms with van der Waals surface area (Å²) in [6, 6.07) is 2.21. The Balaban J connectivity index is 1.93. The highest BCUT2D eigenvalue weighted by atomic mass is 16.5. The van der Waals surface area contributed by atoms with E-state index in [2.05, 4.69) is 17.0 Å². The van der Waals surface area contributed by atoms with Crippen molar-refractivity contribution in [3.8, 4) is 0 Å². The van der Waals surface area contributed by atoms with Gasteiger partial charge in [0.05, 0.1) is 11.6 Å². The maximum absolute atomic E-state index is 10.9. The van der Waals surface area contributed by atoms with Gasteiger partial charge < -0.3 is 9.63 Å². The molecule has 1 aromatic rings. The van der Waals surface area contributed by atoms with Gasteiger partial charge in [-0.05, 0) is 33.2 Å². The Labute approximate surface area is 100 Å². The third kappa shape index (κ3) is 2.85. The number of hydrogen-bond acceptors (Lipinski definition) is 4. The van der Waals surface area contributed by atoms with Crippen molar-refractivity contribution < 1.29 is 14.4 Å². The van der Waals surface area contributed by atoms with E-state index >= 15 is 0 Å². The van der Waals surface area contributed by atoms with E-state index in [0.29, 0.717) is 6.42 Å². The monoisotopic (exact) mass is 238 g/mol. The van der Waals surface area contributed by atoms with Gasteiger partial charge in [0.2, 0.25) is 0 Å². The summed E-state index contributed by atoms with van der Waals surface area (Å²) in [6.07, 6.45) is 1.43. The van der Waals surface area contributed by atoms with Crippen LogP contribution in [0.2, 0.25) is 0 Å². The number of aryl methyl sites for hydroxylation is 1. The molecule has 0 amide bonds. The lowest BCUT2D eigenvalue weighted by molar-refractivity contribution is -0.144. The fraction of sp³-hybridized carbons (Fsp3) is 0.667. The Bertz CT molecular complexity index is 402. The Kier molecular flexibility index (Phi) is 3.47. The van der Waals surface area contributed by atoms with E-state index < -0.39 is 5.97 Å². The molecular weight excluding hydrogens is 220 g/mol. The third-order valence-electron chi connectivity index (χ3n) is 3.40. The highest BCUT2D eigenvalue weighted by molar-refractivity contribution is 5.70. The van der Waals surface area contributed by atoms with Gasteiger partial charge in [0.1, 0.15) is 5.76 Å². The van der Waals surface area contributed by atoms with E-state index in [-0.39, 0.29) is 12.0 Å². The first-order valence-corrected chi connectivity index (χ1v) is 5.95. The van der Waals surface area contributed by atoms with Crippen molar-refractivity contribution in [3.05, 3.63) is 17.5 Å². The lowest BCUT2D eigenvalue weighted by atomic mass is 9.91. The maximum Gasteiger partial charge on any atom is 0.306 e. The first kappa shape index (κ1) is 12.1. The predicted octanol–water partition coefficient (Wildman–Crippen LogP) is 1.67. The molecule has 0 bridgehead atoms. The Morgan fingerprint density at radius 2 is 2.47 bits per heavy atom. The number of aromatic nitrogens is 1. The van der Waals surface area contributed by atoms with Crippen LogP contribution in [0, 0.1) is 12.8 Å². The van der Waals surface area contributed by atoms with Crippen molar-refractivity contribution in [2.45, 2.75) is 39.3 Å². The molecule has 0 aromatic carbocycles. The minimum atomic E-state index is -0.672. The van der Waals surface area contributed by atoms with Crippen LogP contribution in [0.5, 0.6) is 0 Å².